The summed E-state index contributed by atoms with van der Waals surface area (Å²) in [4.78, 5) is 11.6. The zero-order valence-corrected chi connectivity index (χ0v) is 10.7. The van der Waals surface area contributed by atoms with Gasteiger partial charge in [-0.15, -0.1) is 0 Å². The molecule has 110 valence electrons. The minimum Gasteiger partial charge on any atom is -0.482 e. The molecule has 0 heterocycles. The molecule has 0 radical (unpaired) electrons. The second kappa shape index (κ2) is 6.17. The van der Waals surface area contributed by atoms with E-state index in [1.807, 2.05) is 5.32 Å². The second-order valence-electron chi connectivity index (χ2n) is 4.12. The van der Waals surface area contributed by atoms with Crippen LogP contribution in [-0.4, -0.2) is 12.5 Å². The van der Waals surface area contributed by atoms with Crippen molar-refractivity contribution >= 4 is 17.3 Å². The number of ether oxygens (including phenoxy) is 1. The van der Waals surface area contributed by atoms with Crippen molar-refractivity contribution in [3.63, 3.8) is 0 Å². The smallest absolute Gasteiger partial charge is 0.262 e. The first-order chi connectivity index (χ1) is 9.97. The number of anilines is 2. The summed E-state index contributed by atoms with van der Waals surface area (Å²) in [5.41, 5.74) is 5.34. The van der Waals surface area contributed by atoms with Gasteiger partial charge in [0.1, 0.15) is 11.6 Å². The molecule has 1 amide bonds. The van der Waals surface area contributed by atoms with Crippen molar-refractivity contribution in [3.8, 4) is 5.75 Å². The third-order valence-corrected chi connectivity index (χ3v) is 2.54. The maximum absolute atomic E-state index is 13.4. The van der Waals surface area contributed by atoms with Gasteiger partial charge in [-0.25, -0.2) is 13.2 Å². The molecule has 7 heteroatoms. The number of para-hydroxylation sites is 2. The number of hydrogen-bond acceptors (Lipinski definition) is 3. The van der Waals surface area contributed by atoms with Gasteiger partial charge in [-0.1, -0.05) is 12.1 Å². The molecule has 2 rings (SSSR count). The van der Waals surface area contributed by atoms with Crippen LogP contribution >= 0.6 is 0 Å². The average molecular weight is 296 g/mol. The number of nitrogen functional groups attached to an aromatic ring is 1. The maximum Gasteiger partial charge on any atom is 0.262 e. The number of halogens is 3. The molecule has 0 aliphatic carbocycles. The molecular formula is C14H11F3N2O2. The van der Waals surface area contributed by atoms with Crippen LogP contribution in [0.5, 0.6) is 5.75 Å². The van der Waals surface area contributed by atoms with Crippen LogP contribution in [0.4, 0.5) is 24.5 Å². The van der Waals surface area contributed by atoms with E-state index in [4.69, 9.17) is 10.5 Å². The molecule has 0 saturated carbocycles. The molecular weight excluding hydrogens is 285 g/mol. The number of carbonyl (C=O) groups is 1. The van der Waals surface area contributed by atoms with Crippen molar-refractivity contribution in [2.45, 2.75) is 0 Å². The van der Waals surface area contributed by atoms with E-state index in [1.54, 1.807) is 24.3 Å². The van der Waals surface area contributed by atoms with Crippen LogP contribution in [0.25, 0.3) is 0 Å². The van der Waals surface area contributed by atoms with Gasteiger partial charge in [0.05, 0.1) is 11.4 Å². The number of hydrogen-bond donors (Lipinski definition) is 2. The Bertz CT molecular complexity index is 677. The highest BCUT2D eigenvalue weighted by molar-refractivity contribution is 5.92. The van der Waals surface area contributed by atoms with Gasteiger partial charge in [0, 0.05) is 12.1 Å². The number of rotatable bonds is 4. The molecule has 0 aromatic heterocycles. The topological polar surface area (TPSA) is 64.3 Å². The molecule has 2 aromatic carbocycles. The lowest BCUT2D eigenvalue weighted by atomic mass is 10.2. The summed E-state index contributed by atoms with van der Waals surface area (Å²) in [5.74, 6) is -4.24. The molecule has 0 aliphatic heterocycles. The Balaban J connectivity index is 2.01. The number of nitrogens with one attached hydrogen (secondary N) is 1. The Hall–Kier alpha value is -2.70. The normalized spacial score (nSPS) is 10.2. The first-order valence-corrected chi connectivity index (χ1v) is 5.89. The summed E-state index contributed by atoms with van der Waals surface area (Å²) >= 11 is 0. The predicted molar refractivity (Wildman–Crippen MR) is 71.3 cm³/mol. The van der Waals surface area contributed by atoms with Crippen molar-refractivity contribution < 1.29 is 22.7 Å². The van der Waals surface area contributed by atoms with Gasteiger partial charge in [0.2, 0.25) is 0 Å². The van der Waals surface area contributed by atoms with E-state index < -0.39 is 35.7 Å². The number of benzene rings is 2. The van der Waals surface area contributed by atoms with Crippen LogP contribution in [0.1, 0.15) is 0 Å². The summed E-state index contributed by atoms with van der Waals surface area (Å²) in [7, 11) is 0. The number of carbonyl (C=O) groups excluding carboxylic acids is 1. The average Bonchev–Trinajstić information content (AvgIpc) is 2.43. The van der Waals surface area contributed by atoms with Gasteiger partial charge in [-0.2, -0.15) is 0 Å². The third-order valence-electron chi connectivity index (χ3n) is 2.54. The van der Waals surface area contributed by atoms with Crippen LogP contribution in [0.2, 0.25) is 0 Å². The fraction of sp³-hybridized carbons (Fsp3) is 0.0714. The van der Waals surface area contributed by atoms with E-state index in [2.05, 4.69) is 0 Å². The lowest BCUT2D eigenvalue weighted by Gasteiger charge is -2.10. The maximum atomic E-state index is 13.4. The lowest BCUT2D eigenvalue weighted by molar-refractivity contribution is -0.118. The van der Waals surface area contributed by atoms with Gasteiger partial charge in [-0.3, -0.25) is 4.79 Å². The molecule has 4 nitrogen and oxygen atoms in total. The molecule has 0 spiro atoms. The van der Waals surface area contributed by atoms with Crippen LogP contribution in [0.15, 0.2) is 36.4 Å². The molecule has 0 fully saturated rings. The number of nitrogens with two attached hydrogens (primary N) is 1. The fourth-order valence-electron chi connectivity index (χ4n) is 1.59. The molecule has 0 bridgehead atoms. The summed E-state index contributed by atoms with van der Waals surface area (Å²) < 4.78 is 44.4. The fourth-order valence-corrected chi connectivity index (χ4v) is 1.59. The summed E-state index contributed by atoms with van der Waals surface area (Å²) in [6.07, 6.45) is 0. The Morgan fingerprint density at radius 2 is 1.90 bits per heavy atom. The minimum absolute atomic E-state index is 0.276. The largest absolute Gasteiger partial charge is 0.482 e. The van der Waals surface area contributed by atoms with Gasteiger partial charge < -0.3 is 15.8 Å². The first-order valence-electron chi connectivity index (χ1n) is 5.89. The van der Waals surface area contributed by atoms with E-state index in [0.29, 0.717) is 17.8 Å². The van der Waals surface area contributed by atoms with Gasteiger partial charge in [-0.05, 0) is 12.1 Å². The van der Waals surface area contributed by atoms with Crippen LogP contribution < -0.4 is 15.8 Å². The lowest BCUT2D eigenvalue weighted by Crippen LogP contribution is -2.21. The van der Waals surface area contributed by atoms with E-state index in [0.717, 1.165) is 0 Å². The Kier molecular flexibility index (Phi) is 4.32. The second-order valence-corrected chi connectivity index (χ2v) is 4.12. The zero-order valence-electron chi connectivity index (χ0n) is 10.7. The van der Waals surface area contributed by atoms with E-state index in [1.165, 1.54) is 0 Å². The Labute approximate surface area is 118 Å². The highest BCUT2D eigenvalue weighted by atomic mass is 19.2. The van der Waals surface area contributed by atoms with E-state index in [9.17, 15) is 18.0 Å². The standard InChI is InChI=1S/C14H11F3N2O2/c15-8-5-9(16)14(17)11(6-8)19-13(20)7-21-12-4-2-1-3-10(12)18/h1-6H,7,18H2,(H,19,20). The van der Waals surface area contributed by atoms with Crippen molar-refractivity contribution in [1.82, 2.24) is 0 Å². The highest BCUT2D eigenvalue weighted by Crippen LogP contribution is 2.21. The molecule has 21 heavy (non-hydrogen) atoms. The van der Waals surface area contributed by atoms with Crippen molar-refractivity contribution in [2.24, 2.45) is 0 Å². The van der Waals surface area contributed by atoms with Crippen molar-refractivity contribution in [3.05, 3.63) is 53.8 Å². The molecule has 0 unspecified atom stereocenters. The van der Waals surface area contributed by atoms with Crippen molar-refractivity contribution in [1.29, 1.82) is 0 Å². The van der Waals surface area contributed by atoms with Crippen molar-refractivity contribution in [2.75, 3.05) is 17.7 Å². The summed E-state index contributed by atoms with van der Waals surface area (Å²) in [5, 5.41) is 2.02. The minimum atomic E-state index is -1.39. The van der Waals surface area contributed by atoms with Gasteiger partial charge in [0.15, 0.2) is 18.2 Å². The quantitative estimate of drug-likeness (QED) is 0.673. The van der Waals surface area contributed by atoms with Crippen LogP contribution in [0.3, 0.4) is 0 Å². The monoisotopic (exact) mass is 296 g/mol. The van der Waals surface area contributed by atoms with Crippen LogP contribution in [0, 0.1) is 17.5 Å². The summed E-state index contributed by atoms with van der Waals surface area (Å²) in [6, 6.07) is 7.53. The van der Waals surface area contributed by atoms with Crippen LogP contribution in [-0.2, 0) is 4.79 Å². The first kappa shape index (κ1) is 14.7. The van der Waals surface area contributed by atoms with Gasteiger partial charge in [0.25, 0.3) is 5.91 Å². The van der Waals surface area contributed by atoms with E-state index in [-0.39, 0.29) is 5.75 Å². The highest BCUT2D eigenvalue weighted by Gasteiger charge is 2.14. The summed E-state index contributed by atoms with van der Waals surface area (Å²) in [6.45, 7) is -0.480. The molecule has 3 N–H and O–H groups in total. The molecule has 0 saturated heterocycles. The Morgan fingerprint density at radius 1 is 1.19 bits per heavy atom. The third kappa shape index (κ3) is 3.65. The zero-order chi connectivity index (χ0) is 15.4. The number of amides is 1. The predicted octanol–water partition coefficient (Wildman–Crippen LogP) is 2.70. The molecule has 2 aromatic rings. The van der Waals surface area contributed by atoms with Gasteiger partial charge >= 0.3 is 0 Å². The molecule has 0 aliphatic rings. The van der Waals surface area contributed by atoms with E-state index >= 15 is 0 Å². The Morgan fingerprint density at radius 3 is 2.62 bits per heavy atom. The molecule has 0 atom stereocenters. The SMILES string of the molecule is Nc1ccccc1OCC(=O)Nc1cc(F)cc(F)c1F.